The molecule has 7 nitrogen and oxygen atoms in total. The third-order valence-electron chi connectivity index (χ3n) is 6.18. The zero-order valence-corrected chi connectivity index (χ0v) is 23.6. The van der Waals surface area contributed by atoms with E-state index in [1.807, 2.05) is 0 Å². The number of carbonyl (C=O) groups excluding carboxylic acids is 2. The molecule has 3 rings (SSSR count). The first-order valence-electron chi connectivity index (χ1n) is 11.6. The third kappa shape index (κ3) is 8.08. The van der Waals surface area contributed by atoms with Crippen LogP contribution in [0.1, 0.15) is 44.6 Å². The maximum atomic E-state index is 13.6. The smallest absolute Gasteiger partial charge is 0.244 e. The van der Waals surface area contributed by atoms with Crippen LogP contribution >= 0.6 is 34.2 Å². The molecule has 2 aromatic carbocycles. The first-order chi connectivity index (χ1) is 16.5. The van der Waals surface area contributed by atoms with Crippen molar-refractivity contribution in [3.05, 3.63) is 62.7 Å². The molecule has 1 fully saturated rings. The van der Waals surface area contributed by atoms with Gasteiger partial charge in [-0.1, -0.05) is 43.0 Å². The van der Waals surface area contributed by atoms with Gasteiger partial charge in [0.25, 0.3) is 0 Å². The molecule has 1 aliphatic carbocycles. The lowest BCUT2D eigenvalue weighted by atomic mass is 9.95. The maximum Gasteiger partial charge on any atom is 0.244 e. The Kier molecular flexibility index (Phi) is 9.83. The van der Waals surface area contributed by atoms with E-state index in [2.05, 4.69) is 27.9 Å². The van der Waals surface area contributed by atoms with Crippen LogP contribution in [0.3, 0.4) is 0 Å². The molecule has 1 atom stereocenters. The van der Waals surface area contributed by atoms with Gasteiger partial charge >= 0.3 is 0 Å². The second-order valence-corrected chi connectivity index (χ2v) is 12.5. The predicted molar refractivity (Wildman–Crippen MR) is 148 cm³/mol. The Morgan fingerprint density at radius 3 is 2.23 bits per heavy atom. The molecule has 2 aromatic rings. The summed E-state index contributed by atoms with van der Waals surface area (Å²) in [4.78, 5) is 28.1. The summed E-state index contributed by atoms with van der Waals surface area (Å²) in [6, 6.07) is 13.3. The summed E-state index contributed by atoms with van der Waals surface area (Å²) < 4.78 is 27.2. The Balaban J connectivity index is 1.85. The van der Waals surface area contributed by atoms with Crippen molar-refractivity contribution in [1.29, 1.82) is 0 Å². The molecular formula is C25H31ClIN3O4S. The number of benzene rings is 2. The van der Waals surface area contributed by atoms with E-state index in [-0.39, 0.29) is 18.5 Å². The summed E-state index contributed by atoms with van der Waals surface area (Å²) in [5.41, 5.74) is 1.19. The van der Waals surface area contributed by atoms with Crippen LogP contribution in [0.4, 0.5) is 5.69 Å². The molecule has 190 valence electrons. The van der Waals surface area contributed by atoms with Crippen molar-refractivity contribution in [3.8, 4) is 0 Å². The monoisotopic (exact) mass is 631 g/mol. The average Bonchev–Trinajstić information content (AvgIpc) is 2.82. The molecule has 0 radical (unpaired) electrons. The van der Waals surface area contributed by atoms with Crippen LogP contribution in [0.2, 0.25) is 5.02 Å². The van der Waals surface area contributed by atoms with Gasteiger partial charge in [-0.2, -0.15) is 0 Å². The van der Waals surface area contributed by atoms with Gasteiger partial charge in [0.05, 0.1) is 11.9 Å². The first kappa shape index (κ1) is 27.7. The van der Waals surface area contributed by atoms with E-state index in [1.165, 1.54) is 11.3 Å². The number of sulfonamides is 1. The Morgan fingerprint density at radius 2 is 1.66 bits per heavy atom. The summed E-state index contributed by atoms with van der Waals surface area (Å²) in [7, 11) is -3.74. The zero-order chi connectivity index (χ0) is 25.6. The first-order valence-corrected chi connectivity index (χ1v) is 14.9. The lowest BCUT2D eigenvalue weighted by Crippen LogP contribution is -2.52. The fourth-order valence-electron chi connectivity index (χ4n) is 4.16. The Morgan fingerprint density at radius 1 is 1.06 bits per heavy atom. The van der Waals surface area contributed by atoms with E-state index in [0.717, 1.165) is 45.4 Å². The summed E-state index contributed by atoms with van der Waals surface area (Å²) >= 11 is 8.14. The minimum Gasteiger partial charge on any atom is -0.352 e. The number of anilines is 1. The maximum absolute atomic E-state index is 13.6. The highest BCUT2D eigenvalue weighted by molar-refractivity contribution is 14.1. The molecule has 1 unspecified atom stereocenters. The molecule has 1 N–H and O–H groups in total. The highest BCUT2D eigenvalue weighted by Crippen LogP contribution is 2.22. The van der Waals surface area contributed by atoms with E-state index in [1.54, 1.807) is 55.5 Å². The van der Waals surface area contributed by atoms with Crippen LogP contribution in [-0.4, -0.2) is 50.0 Å². The van der Waals surface area contributed by atoms with Gasteiger partial charge < -0.3 is 10.2 Å². The van der Waals surface area contributed by atoms with Gasteiger partial charge in [0, 0.05) is 21.2 Å². The molecule has 2 amide bonds. The van der Waals surface area contributed by atoms with E-state index in [0.29, 0.717) is 10.7 Å². The predicted octanol–water partition coefficient (Wildman–Crippen LogP) is 4.58. The van der Waals surface area contributed by atoms with Crippen molar-refractivity contribution >= 4 is 61.7 Å². The largest absolute Gasteiger partial charge is 0.352 e. The molecule has 0 saturated heterocycles. The molecule has 0 aliphatic heterocycles. The summed E-state index contributed by atoms with van der Waals surface area (Å²) in [5, 5.41) is 3.65. The molecule has 0 spiro atoms. The van der Waals surface area contributed by atoms with Gasteiger partial charge in [0.1, 0.15) is 12.6 Å². The Bertz CT molecular complexity index is 1120. The standard InChI is InChI=1S/C25H31ClIN3O4S/c1-18(25(32)28-22-6-4-3-5-7-22)29(16-19-8-10-20(26)11-9-19)24(31)17-30(35(2,33)34)23-14-12-21(27)13-15-23/h8-15,18,22H,3-7,16-17H2,1-2H3,(H,28,32). The molecule has 1 saturated carbocycles. The second kappa shape index (κ2) is 12.4. The van der Waals surface area contributed by atoms with Crippen molar-refractivity contribution in [2.75, 3.05) is 17.1 Å². The number of nitrogens with zero attached hydrogens (tertiary/aromatic N) is 2. The number of nitrogens with one attached hydrogen (secondary N) is 1. The van der Waals surface area contributed by atoms with Gasteiger partial charge in [0.15, 0.2) is 0 Å². The van der Waals surface area contributed by atoms with Gasteiger partial charge in [-0.15, -0.1) is 0 Å². The number of halogens is 2. The fraction of sp³-hybridized carbons (Fsp3) is 0.440. The van der Waals surface area contributed by atoms with Crippen molar-refractivity contribution in [2.45, 2.75) is 57.7 Å². The number of hydrogen-bond donors (Lipinski definition) is 1. The van der Waals surface area contributed by atoms with E-state index in [9.17, 15) is 18.0 Å². The molecular weight excluding hydrogens is 601 g/mol. The van der Waals surface area contributed by atoms with Crippen LogP contribution in [0.25, 0.3) is 0 Å². The van der Waals surface area contributed by atoms with Crippen molar-refractivity contribution in [3.63, 3.8) is 0 Å². The van der Waals surface area contributed by atoms with Crippen LogP contribution in [0, 0.1) is 3.57 Å². The normalized spacial score (nSPS) is 15.3. The van der Waals surface area contributed by atoms with Gasteiger partial charge in [0.2, 0.25) is 21.8 Å². The number of carbonyl (C=O) groups is 2. The summed E-state index contributed by atoms with van der Waals surface area (Å²) in [6.07, 6.45) is 6.25. The fourth-order valence-corrected chi connectivity index (χ4v) is 5.49. The summed E-state index contributed by atoms with van der Waals surface area (Å²) in [5.74, 6) is -0.699. The van der Waals surface area contributed by atoms with Crippen molar-refractivity contribution in [2.24, 2.45) is 0 Å². The van der Waals surface area contributed by atoms with E-state index >= 15 is 0 Å². The minimum atomic E-state index is -3.74. The van der Waals surface area contributed by atoms with Crippen LogP contribution in [0.15, 0.2) is 48.5 Å². The highest BCUT2D eigenvalue weighted by Gasteiger charge is 2.31. The lowest BCUT2D eigenvalue weighted by Gasteiger charge is -2.33. The molecule has 1 aliphatic rings. The second-order valence-electron chi connectivity index (χ2n) is 8.91. The van der Waals surface area contributed by atoms with Crippen LogP contribution in [-0.2, 0) is 26.2 Å². The summed E-state index contributed by atoms with van der Waals surface area (Å²) in [6.45, 7) is 1.43. The molecule has 10 heteroatoms. The van der Waals surface area contributed by atoms with Crippen molar-refractivity contribution < 1.29 is 18.0 Å². The van der Waals surface area contributed by atoms with Crippen molar-refractivity contribution in [1.82, 2.24) is 10.2 Å². The zero-order valence-electron chi connectivity index (χ0n) is 19.9. The third-order valence-corrected chi connectivity index (χ3v) is 8.29. The average molecular weight is 632 g/mol. The quantitative estimate of drug-likeness (QED) is 0.411. The number of rotatable bonds is 9. The van der Waals surface area contributed by atoms with Crippen LogP contribution < -0.4 is 9.62 Å². The Hall–Kier alpha value is -1.85. The highest BCUT2D eigenvalue weighted by atomic mass is 127. The number of amides is 2. The van der Waals surface area contributed by atoms with Gasteiger partial charge in [-0.25, -0.2) is 8.42 Å². The van der Waals surface area contributed by atoms with Gasteiger partial charge in [-0.3, -0.25) is 13.9 Å². The molecule has 0 bridgehead atoms. The van der Waals surface area contributed by atoms with E-state index < -0.39 is 28.5 Å². The molecule has 0 heterocycles. The minimum absolute atomic E-state index is 0.102. The topological polar surface area (TPSA) is 86.8 Å². The molecule has 0 aromatic heterocycles. The van der Waals surface area contributed by atoms with Crippen LogP contribution in [0.5, 0.6) is 0 Å². The van der Waals surface area contributed by atoms with E-state index in [4.69, 9.17) is 11.6 Å². The lowest BCUT2D eigenvalue weighted by molar-refractivity contribution is -0.139. The van der Waals surface area contributed by atoms with Gasteiger partial charge in [-0.05, 0) is 84.3 Å². The number of hydrogen-bond acceptors (Lipinski definition) is 4. The Labute approximate surface area is 226 Å². The molecule has 35 heavy (non-hydrogen) atoms. The SMILES string of the molecule is CC(C(=O)NC1CCCCC1)N(Cc1ccc(Cl)cc1)C(=O)CN(c1ccc(I)cc1)S(C)(=O)=O.